The lowest BCUT2D eigenvalue weighted by Gasteiger charge is -2.16. The lowest BCUT2D eigenvalue weighted by atomic mass is 10.2. The number of benzene rings is 1. The summed E-state index contributed by atoms with van der Waals surface area (Å²) in [7, 11) is 0. The van der Waals surface area contributed by atoms with E-state index in [1.807, 2.05) is 13.8 Å². The van der Waals surface area contributed by atoms with Crippen LogP contribution in [0.3, 0.4) is 0 Å². The largest absolute Gasteiger partial charge is 0.491 e. The fourth-order valence-corrected chi connectivity index (χ4v) is 2.44. The van der Waals surface area contributed by atoms with Crippen molar-refractivity contribution in [2.45, 2.75) is 26.9 Å². The number of amides is 5. The molecule has 0 aromatic heterocycles. The predicted octanol–water partition coefficient (Wildman–Crippen LogP) is 1.70. The van der Waals surface area contributed by atoms with Crippen molar-refractivity contribution in [2.24, 2.45) is 0 Å². The zero-order chi connectivity index (χ0) is 19.4. The zero-order valence-electron chi connectivity index (χ0n) is 14.9. The van der Waals surface area contributed by atoms with Gasteiger partial charge < -0.3 is 10.1 Å². The van der Waals surface area contributed by atoms with Gasteiger partial charge in [0, 0.05) is 12.2 Å². The average Bonchev–Trinajstić information content (AvgIpc) is 2.75. The number of rotatable bonds is 7. The molecule has 0 aliphatic carbocycles. The quantitative estimate of drug-likeness (QED) is 0.454. The first-order chi connectivity index (χ1) is 12.2. The van der Waals surface area contributed by atoms with Gasteiger partial charge in [-0.2, -0.15) is 0 Å². The molecular weight excluding hydrogens is 338 g/mol. The molecular formula is C18H21N3O5. The van der Waals surface area contributed by atoms with Crippen molar-refractivity contribution in [3.05, 3.63) is 36.4 Å². The number of aryl methyl sites for hydroxylation is 1. The molecule has 1 N–H and O–H groups in total. The number of nitrogens with one attached hydrogen (secondary N) is 1. The van der Waals surface area contributed by atoms with Gasteiger partial charge in [-0.25, -0.2) is 9.69 Å². The molecule has 1 aliphatic heterocycles. The number of imide groups is 2. The second-order valence-corrected chi connectivity index (χ2v) is 6.07. The zero-order valence-corrected chi connectivity index (χ0v) is 14.9. The van der Waals surface area contributed by atoms with Gasteiger partial charge in [-0.15, -0.1) is 6.58 Å². The number of hydrogen-bond donors (Lipinski definition) is 1. The molecule has 2 rings (SSSR count). The molecule has 1 aromatic carbocycles. The summed E-state index contributed by atoms with van der Waals surface area (Å²) in [5.74, 6) is -1.90. The van der Waals surface area contributed by atoms with Crippen LogP contribution in [0.15, 0.2) is 30.9 Å². The maximum absolute atomic E-state index is 12.2. The second-order valence-electron chi connectivity index (χ2n) is 6.07. The van der Waals surface area contributed by atoms with E-state index in [0.29, 0.717) is 16.3 Å². The number of nitrogens with zero attached hydrogens (tertiary/aromatic N) is 2. The summed E-state index contributed by atoms with van der Waals surface area (Å²) in [5, 5.41) is 2.63. The number of urea groups is 1. The average molecular weight is 359 g/mol. The van der Waals surface area contributed by atoms with E-state index in [-0.39, 0.29) is 12.6 Å². The molecule has 0 bridgehead atoms. The third kappa shape index (κ3) is 4.08. The van der Waals surface area contributed by atoms with Gasteiger partial charge in [0.15, 0.2) is 0 Å². The van der Waals surface area contributed by atoms with Gasteiger partial charge in [-0.1, -0.05) is 6.08 Å². The topological polar surface area (TPSA) is 96.0 Å². The molecule has 5 amide bonds. The SMILES string of the molecule is C=CCN1C(=O)C(=O)N(CC(=O)Nc2ccc(OC(C)C)cc2C)C1=O. The van der Waals surface area contributed by atoms with Crippen LogP contribution < -0.4 is 10.1 Å². The van der Waals surface area contributed by atoms with Crippen molar-refractivity contribution < 1.29 is 23.9 Å². The summed E-state index contributed by atoms with van der Waals surface area (Å²) in [4.78, 5) is 49.3. The van der Waals surface area contributed by atoms with Gasteiger partial charge in [0.05, 0.1) is 6.10 Å². The molecule has 8 heteroatoms. The van der Waals surface area contributed by atoms with Crippen LogP contribution in [0.2, 0.25) is 0 Å². The molecule has 8 nitrogen and oxygen atoms in total. The van der Waals surface area contributed by atoms with Crippen molar-refractivity contribution in [3.8, 4) is 5.75 Å². The summed E-state index contributed by atoms with van der Waals surface area (Å²) in [6.45, 7) is 8.42. The van der Waals surface area contributed by atoms with Gasteiger partial charge in [-0.05, 0) is 44.5 Å². The molecule has 138 valence electrons. The van der Waals surface area contributed by atoms with Crippen LogP contribution in [0, 0.1) is 6.92 Å². The van der Waals surface area contributed by atoms with Crippen molar-refractivity contribution in [3.63, 3.8) is 0 Å². The van der Waals surface area contributed by atoms with E-state index in [1.165, 1.54) is 6.08 Å². The molecule has 1 aromatic rings. The van der Waals surface area contributed by atoms with Crippen molar-refractivity contribution in [2.75, 3.05) is 18.4 Å². The first-order valence-electron chi connectivity index (χ1n) is 8.10. The van der Waals surface area contributed by atoms with Crippen LogP contribution >= 0.6 is 0 Å². The van der Waals surface area contributed by atoms with Crippen molar-refractivity contribution >= 4 is 29.4 Å². The van der Waals surface area contributed by atoms with Gasteiger partial charge in [0.2, 0.25) is 5.91 Å². The molecule has 1 aliphatic rings. The first-order valence-corrected chi connectivity index (χ1v) is 8.10. The minimum atomic E-state index is -1.02. The molecule has 0 spiro atoms. The summed E-state index contributed by atoms with van der Waals surface area (Å²) in [5.41, 5.74) is 1.29. The Kier molecular flexibility index (Phi) is 5.76. The minimum Gasteiger partial charge on any atom is -0.491 e. The Balaban J connectivity index is 2.05. The highest BCUT2D eigenvalue weighted by atomic mass is 16.5. The highest BCUT2D eigenvalue weighted by Crippen LogP contribution is 2.22. The fourth-order valence-electron chi connectivity index (χ4n) is 2.44. The number of carbonyl (C=O) groups excluding carboxylic acids is 4. The Bertz CT molecular complexity index is 772. The van der Waals surface area contributed by atoms with Crippen molar-refractivity contribution in [1.29, 1.82) is 0 Å². The normalized spacial score (nSPS) is 14.2. The Labute approximate surface area is 151 Å². The highest BCUT2D eigenvalue weighted by Gasteiger charge is 2.44. The third-order valence-electron chi connectivity index (χ3n) is 3.59. The summed E-state index contributed by atoms with van der Waals surface area (Å²) in [6.07, 6.45) is 1.36. The molecule has 0 unspecified atom stereocenters. The highest BCUT2D eigenvalue weighted by molar-refractivity contribution is 6.45. The van der Waals surface area contributed by atoms with E-state index < -0.39 is 30.3 Å². The first kappa shape index (κ1) is 19.2. The molecule has 0 saturated carbocycles. The van der Waals surface area contributed by atoms with E-state index >= 15 is 0 Å². The summed E-state index contributed by atoms with van der Waals surface area (Å²) < 4.78 is 5.58. The smallest absolute Gasteiger partial charge is 0.335 e. The van der Waals surface area contributed by atoms with Gasteiger partial charge >= 0.3 is 17.8 Å². The summed E-state index contributed by atoms with van der Waals surface area (Å²) in [6, 6.07) is 4.34. The van der Waals surface area contributed by atoms with Gasteiger partial charge in [0.1, 0.15) is 12.3 Å². The number of hydrogen-bond acceptors (Lipinski definition) is 5. The van der Waals surface area contributed by atoms with Crippen LogP contribution in [0.5, 0.6) is 5.75 Å². The maximum Gasteiger partial charge on any atom is 0.335 e. The molecule has 0 radical (unpaired) electrons. The van der Waals surface area contributed by atoms with Crippen LogP contribution in [0.1, 0.15) is 19.4 Å². The fraction of sp³-hybridized carbons (Fsp3) is 0.333. The van der Waals surface area contributed by atoms with E-state index in [1.54, 1.807) is 25.1 Å². The Morgan fingerprint density at radius 3 is 2.46 bits per heavy atom. The molecule has 1 heterocycles. The lowest BCUT2D eigenvalue weighted by molar-refractivity contribution is -0.143. The Morgan fingerprint density at radius 1 is 1.23 bits per heavy atom. The van der Waals surface area contributed by atoms with Gasteiger partial charge in [0.25, 0.3) is 0 Å². The lowest BCUT2D eigenvalue weighted by Crippen LogP contribution is -2.39. The van der Waals surface area contributed by atoms with Crippen LogP contribution in [0.4, 0.5) is 10.5 Å². The molecule has 0 atom stereocenters. The minimum absolute atomic E-state index is 0.0260. The number of carbonyl (C=O) groups is 4. The van der Waals surface area contributed by atoms with E-state index in [9.17, 15) is 19.2 Å². The number of ether oxygens (including phenoxy) is 1. The van der Waals surface area contributed by atoms with Crippen LogP contribution in [-0.4, -0.2) is 52.7 Å². The predicted molar refractivity (Wildman–Crippen MR) is 94.6 cm³/mol. The van der Waals surface area contributed by atoms with Crippen LogP contribution in [-0.2, 0) is 14.4 Å². The standard InChI is InChI=1S/C18H21N3O5/c1-5-8-20-16(23)17(24)21(18(20)25)10-15(22)19-14-7-6-13(9-12(14)4)26-11(2)3/h5-7,9,11H,1,8,10H2,2-4H3,(H,19,22). The summed E-state index contributed by atoms with van der Waals surface area (Å²) >= 11 is 0. The second kappa shape index (κ2) is 7.81. The van der Waals surface area contributed by atoms with E-state index in [0.717, 1.165) is 10.5 Å². The molecule has 1 fully saturated rings. The monoisotopic (exact) mass is 359 g/mol. The number of anilines is 1. The maximum atomic E-state index is 12.2. The van der Waals surface area contributed by atoms with Gasteiger partial charge in [-0.3, -0.25) is 19.3 Å². The third-order valence-corrected chi connectivity index (χ3v) is 3.59. The van der Waals surface area contributed by atoms with Crippen molar-refractivity contribution in [1.82, 2.24) is 9.80 Å². The van der Waals surface area contributed by atoms with Crippen LogP contribution in [0.25, 0.3) is 0 Å². The molecule has 26 heavy (non-hydrogen) atoms. The molecule has 1 saturated heterocycles. The Hall–Kier alpha value is -3.16. The van der Waals surface area contributed by atoms with E-state index in [2.05, 4.69) is 11.9 Å². The van der Waals surface area contributed by atoms with E-state index in [4.69, 9.17) is 4.74 Å². The Morgan fingerprint density at radius 2 is 1.88 bits per heavy atom.